The molecular weight excluding hydrogens is 266 g/mol. The Morgan fingerprint density at radius 2 is 1.81 bits per heavy atom. The van der Waals surface area contributed by atoms with Crippen molar-refractivity contribution in [2.24, 2.45) is 11.1 Å². The fourth-order valence-electron chi connectivity index (χ4n) is 2.86. The summed E-state index contributed by atoms with van der Waals surface area (Å²) in [5, 5.41) is 5.55. The number of rotatable bonds is 5. The van der Waals surface area contributed by atoms with Gasteiger partial charge < -0.3 is 16.4 Å². The molecule has 0 spiro atoms. The van der Waals surface area contributed by atoms with Gasteiger partial charge in [0.15, 0.2) is 0 Å². The zero-order valence-electron chi connectivity index (χ0n) is 12.4. The van der Waals surface area contributed by atoms with E-state index in [1.165, 1.54) is 0 Å². The maximum atomic E-state index is 12.3. The Hall–Kier alpha value is -1.88. The molecule has 1 fully saturated rings. The Morgan fingerprint density at radius 3 is 2.33 bits per heavy atom. The van der Waals surface area contributed by atoms with Crippen molar-refractivity contribution in [2.45, 2.75) is 32.2 Å². The maximum Gasteiger partial charge on any atom is 0.251 e. The zero-order chi connectivity index (χ0) is 15.3. The molecule has 1 aliphatic rings. The lowest BCUT2D eigenvalue weighted by molar-refractivity contribution is -0.130. The van der Waals surface area contributed by atoms with Gasteiger partial charge in [-0.1, -0.05) is 25.0 Å². The highest BCUT2D eigenvalue weighted by atomic mass is 16.2. The van der Waals surface area contributed by atoms with Crippen molar-refractivity contribution in [1.29, 1.82) is 0 Å². The van der Waals surface area contributed by atoms with Crippen LogP contribution >= 0.6 is 0 Å². The van der Waals surface area contributed by atoms with Gasteiger partial charge in [0.1, 0.15) is 0 Å². The average Bonchev–Trinajstić information content (AvgIpc) is 3.02. The molecular formula is C16H23N3O2. The van der Waals surface area contributed by atoms with E-state index < -0.39 is 0 Å². The Kier molecular flexibility index (Phi) is 4.96. The van der Waals surface area contributed by atoms with E-state index in [-0.39, 0.29) is 17.2 Å². The van der Waals surface area contributed by atoms with Crippen LogP contribution in [0.5, 0.6) is 0 Å². The molecule has 114 valence electrons. The zero-order valence-corrected chi connectivity index (χ0v) is 12.4. The van der Waals surface area contributed by atoms with Crippen molar-refractivity contribution < 1.29 is 9.59 Å². The largest absolute Gasteiger partial charge is 0.355 e. The molecule has 1 aromatic carbocycles. The van der Waals surface area contributed by atoms with Crippen molar-refractivity contribution >= 4 is 11.8 Å². The first-order valence-electron chi connectivity index (χ1n) is 7.41. The normalized spacial score (nSPS) is 16.5. The lowest BCUT2D eigenvalue weighted by Crippen LogP contribution is -2.43. The molecule has 21 heavy (non-hydrogen) atoms. The predicted octanol–water partition coefficient (Wildman–Crippen LogP) is 1.18. The molecule has 0 unspecified atom stereocenters. The van der Waals surface area contributed by atoms with Crippen LogP contribution in [0.25, 0.3) is 0 Å². The summed E-state index contributed by atoms with van der Waals surface area (Å²) in [6, 6.07) is 7.23. The van der Waals surface area contributed by atoms with Crippen LogP contribution < -0.4 is 16.4 Å². The fraction of sp³-hybridized carbons (Fsp3) is 0.500. The molecule has 0 heterocycles. The molecule has 0 aromatic heterocycles. The first-order chi connectivity index (χ1) is 10.1. The first-order valence-corrected chi connectivity index (χ1v) is 7.41. The second-order valence-electron chi connectivity index (χ2n) is 5.65. The second-order valence-corrected chi connectivity index (χ2v) is 5.65. The van der Waals surface area contributed by atoms with Gasteiger partial charge in [0.05, 0.1) is 5.41 Å². The fourth-order valence-corrected chi connectivity index (χ4v) is 2.86. The molecule has 2 amide bonds. The molecule has 0 radical (unpaired) electrons. The summed E-state index contributed by atoms with van der Waals surface area (Å²) < 4.78 is 0. The lowest BCUT2D eigenvalue weighted by Gasteiger charge is -2.25. The first kappa shape index (κ1) is 15.5. The van der Waals surface area contributed by atoms with Crippen LogP contribution in [0.2, 0.25) is 0 Å². The van der Waals surface area contributed by atoms with Gasteiger partial charge in [-0.2, -0.15) is 0 Å². The van der Waals surface area contributed by atoms with Gasteiger partial charge in [0, 0.05) is 25.7 Å². The molecule has 0 saturated heterocycles. The van der Waals surface area contributed by atoms with E-state index in [0.717, 1.165) is 31.2 Å². The molecule has 2 rings (SSSR count). The highest BCUT2D eigenvalue weighted by Gasteiger charge is 2.39. The van der Waals surface area contributed by atoms with E-state index in [1.54, 1.807) is 19.2 Å². The average molecular weight is 289 g/mol. The van der Waals surface area contributed by atoms with Crippen molar-refractivity contribution in [3.63, 3.8) is 0 Å². The lowest BCUT2D eigenvalue weighted by atomic mass is 9.85. The van der Waals surface area contributed by atoms with E-state index in [9.17, 15) is 9.59 Å². The maximum absolute atomic E-state index is 12.3. The number of carbonyl (C=O) groups is 2. The second kappa shape index (κ2) is 6.72. The number of hydrogen-bond acceptors (Lipinski definition) is 3. The summed E-state index contributed by atoms with van der Waals surface area (Å²) in [5.74, 6) is -0.0588. The van der Waals surface area contributed by atoms with Crippen molar-refractivity contribution in [1.82, 2.24) is 10.6 Å². The summed E-state index contributed by atoms with van der Waals surface area (Å²) in [6.45, 7) is 0.878. The minimum absolute atomic E-state index is 0.0536. The molecule has 0 atom stereocenters. The third-order valence-corrected chi connectivity index (χ3v) is 4.33. The monoisotopic (exact) mass is 289 g/mol. The minimum atomic E-state index is -0.373. The summed E-state index contributed by atoms with van der Waals surface area (Å²) in [4.78, 5) is 23.8. The molecule has 5 heteroatoms. The van der Waals surface area contributed by atoms with Gasteiger partial charge in [-0.15, -0.1) is 0 Å². The van der Waals surface area contributed by atoms with E-state index in [2.05, 4.69) is 10.6 Å². The third-order valence-electron chi connectivity index (χ3n) is 4.33. The minimum Gasteiger partial charge on any atom is -0.355 e. The van der Waals surface area contributed by atoms with Gasteiger partial charge >= 0.3 is 0 Å². The van der Waals surface area contributed by atoms with Gasteiger partial charge in [0.2, 0.25) is 5.91 Å². The standard InChI is InChI=1S/C16H23N3O2/c1-18-14(20)13-6-4-12(5-7-13)10-19-15(21)16(11-17)8-2-3-9-16/h4-7H,2-3,8-11,17H2,1H3,(H,18,20)(H,19,21). The van der Waals surface area contributed by atoms with Crippen LogP contribution in [-0.4, -0.2) is 25.4 Å². The number of carbonyl (C=O) groups excluding carboxylic acids is 2. The Balaban J connectivity index is 1.93. The molecule has 0 bridgehead atoms. The molecule has 0 aliphatic heterocycles. The van der Waals surface area contributed by atoms with Crippen LogP contribution in [0.3, 0.4) is 0 Å². The SMILES string of the molecule is CNC(=O)c1ccc(CNC(=O)C2(CN)CCCC2)cc1. The van der Waals surface area contributed by atoms with Crippen LogP contribution in [0.4, 0.5) is 0 Å². The number of nitrogens with two attached hydrogens (primary N) is 1. The van der Waals surface area contributed by atoms with Crippen LogP contribution in [0.15, 0.2) is 24.3 Å². The van der Waals surface area contributed by atoms with Crippen molar-refractivity contribution in [3.05, 3.63) is 35.4 Å². The van der Waals surface area contributed by atoms with Crippen LogP contribution in [0, 0.1) is 5.41 Å². The van der Waals surface area contributed by atoms with E-state index in [0.29, 0.717) is 18.7 Å². The quantitative estimate of drug-likeness (QED) is 0.761. The Bertz CT molecular complexity index is 505. The van der Waals surface area contributed by atoms with E-state index in [1.807, 2.05) is 12.1 Å². The summed E-state index contributed by atoms with van der Waals surface area (Å²) in [7, 11) is 1.60. The van der Waals surface area contributed by atoms with Gasteiger partial charge in [-0.3, -0.25) is 9.59 Å². The Labute approximate surface area is 125 Å². The van der Waals surface area contributed by atoms with Gasteiger partial charge in [0.25, 0.3) is 5.91 Å². The van der Waals surface area contributed by atoms with Crippen molar-refractivity contribution in [2.75, 3.05) is 13.6 Å². The van der Waals surface area contributed by atoms with Gasteiger partial charge in [-0.25, -0.2) is 0 Å². The number of benzene rings is 1. The molecule has 1 aliphatic carbocycles. The summed E-state index contributed by atoms with van der Waals surface area (Å²) in [5.41, 5.74) is 7.01. The molecule has 1 aromatic rings. The highest BCUT2D eigenvalue weighted by molar-refractivity contribution is 5.93. The van der Waals surface area contributed by atoms with Crippen molar-refractivity contribution in [3.8, 4) is 0 Å². The predicted molar refractivity (Wildman–Crippen MR) is 81.6 cm³/mol. The number of hydrogen-bond donors (Lipinski definition) is 3. The smallest absolute Gasteiger partial charge is 0.251 e. The number of nitrogens with one attached hydrogen (secondary N) is 2. The van der Waals surface area contributed by atoms with Crippen LogP contribution in [0.1, 0.15) is 41.6 Å². The molecule has 5 nitrogen and oxygen atoms in total. The Morgan fingerprint density at radius 1 is 1.19 bits per heavy atom. The summed E-state index contributed by atoms with van der Waals surface area (Å²) in [6.07, 6.45) is 3.91. The highest BCUT2D eigenvalue weighted by Crippen LogP contribution is 2.37. The number of amides is 2. The van der Waals surface area contributed by atoms with E-state index in [4.69, 9.17) is 5.73 Å². The van der Waals surface area contributed by atoms with E-state index >= 15 is 0 Å². The molecule has 4 N–H and O–H groups in total. The third kappa shape index (κ3) is 3.42. The summed E-state index contributed by atoms with van der Waals surface area (Å²) >= 11 is 0. The molecule has 1 saturated carbocycles. The van der Waals surface area contributed by atoms with Gasteiger partial charge in [-0.05, 0) is 30.5 Å². The van der Waals surface area contributed by atoms with Crippen LogP contribution in [-0.2, 0) is 11.3 Å². The topological polar surface area (TPSA) is 84.2 Å².